The highest BCUT2D eigenvalue weighted by atomic mass is 32.2. The van der Waals surface area contributed by atoms with Gasteiger partial charge in [-0.1, -0.05) is 0 Å². The van der Waals surface area contributed by atoms with Crippen LogP contribution in [0.4, 0.5) is 0 Å². The molecule has 1 saturated heterocycles. The van der Waals surface area contributed by atoms with Gasteiger partial charge in [0, 0.05) is 12.1 Å². The number of piperidine rings is 1. The van der Waals surface area contributed by atoms with E-state index in [-0.39, 0.29) is 24.8 Å². The van der Waals surface area contributed by atoms with Crippen LogP contribution in [0.3, 0.4) is 0 Å². The van der Waals surface area contributed by atoms with Gasteiger partial charge in [0.05, 0.1) is 18.8 Å². The molecule has 0 aromatic carbocycles. The maximum Gasteiger partial charge on any atom is 0.306 e. The molecular weight excluding hydrogens is 256 g/mol. The van der Waals surface area contributed by atoms with Crippen molar-refractivity contribution in [3.8, 4) is 0 Å². The largest absolute Gasteiger partial charge is 0.466 e. The van der Waals surface area contributed by atoms with Crippen LogP contribution >= 0.6 is 0 Å². The Morgan fingerprint density at radius 1 is 1.50 bits per heavy atom. The predicted octanol–water partition coefficient (Wildman–Crippen LogP) is -0.000500. The van der Waals surface area contributed by atoms with Crippen molar-refractivity contribution in [2.24, 2.45) is 0 Å². The average Bonchev–Trinajstić information content (AvgIpc) is 2.26. The maximum absolute atomic E-state index is 11.8. The van der Waals surface area contributed by atoms with Gasteiger partial charge in [-0.3, -0.25) is 4.79 Å². The highest BCUT2D eigenvalue weighted by Gasteiger charge is 2.23. The average molecular weight is 278 g/mol. The maximum atomic E-state index is 11.8. The summed E-state index contributed by atoms with van der Waals surface area (Å²) in [6.45, 7) is 4.81. The van der Waals surface area contributed by atoms with Gasteiger partial charge in [-0.05, 0) is 33.2 Å². The molecule has 0 saturated carbocycles. The number of hydrogen-bond donors (Lipinski definition) is 2. The Balaban J connectivity index is 2.37. The van der Waals surface area contributed by atoms with Gasteiger partial charge in [-0.25, -0.2) is 13.1 Å². The Hall–Kier alpha value is -0.660. The predicted molar refractivity (Wildman–Crippen MR) is 68.7 cm³/mol. The summed E-state index contributed by atoms with van der Waals surface area (Å²) < 4.78 is 30.9. The second-order valence-corrected chi connectivity index (χ2v) is 6.44. The van der Waals surface area contributed by atoms with Crippen LogP contribution in [0.15, 0.2) is 0 Å². The summed E-state index contributed by atoms with van der Waals surface area (Å²) in [5.74, 6) is -0.675. The number of ether oxygens (including phenoxy) is 1. The van der Waals surface area contributed by atoms with E-state index in [4.69, 9.17) is 4.74 Å². The Bertz CT molecular complexity index is 369. The van der Waals surface area contributed by atoms with E-state index in [2.05, 4.69) is 10.0 Å². The molecule has 1 fully saturated rings. The number of carbonyl (C=O) groups excluding carboxylic acids is 1. The lowest BCUT2D eigenvalue weighted by molar-refractivity contribution is -0.142. The van der Waals surface area contributed by atoms with Crippen LogP contribution in [0.2, 0.25) is 0 Å². The van der Waals surface area contributed by atoms with Gasteiger partial charge in [0.1, 0.15) is 0 Å². The molecule has 2 atom stereocenters. The van der Waals surface area contributed by atoms with Gasteiger partial charge in [0.15, 0.2) is 0 Å². The van der Waals surface area contributed by atoms with E-state index in [1.165, 1.54) is 0 Å². The molecule has 2 N–H and O–H groups in total. The summed E-state index contributed by atoms with van der Waals surface area (Å²) in [6.07, 6.45) is 1.46. The Labute approximate surface area is 109 Å². The van der Waals surface area contributed by atoms with Crippen molar-refractivity contribution in [3.05, 3.63) is 0 Å². The van der Waals surface area contributed by atoms with Gasteiger partial charge in [0.25, 0.3) is 0 Å². The van der Waals surface area contributed by atoms with Gasteiger partial charge in [-0.15, -0.1) is 0 Å². The minimum absolute atomic E-state index is 0.0338. The molecule has 1 heterocycles. The molecule has 0 bridgehead atoms. The van der Waals surface area contributed by atoms with Crippen LogP contribution in [0, 0.1) is 0 Å². The fourth-order valence-corrected chi connectivity index (χ4v) is 3.28. The second-order valence-electron chi connectivity index (χ2n) is 4.57. The fraction of sp³-hybridized carbons (Fsp3) is 0.909. The van der Waals surface area contributed by atoms with Crippen LogP contribution in [-0.4, -0.2) is 45.4 Å². The molecule has 0 radical (unpaired) electrons. The first-order chi connectivity index (χ1) is 8.43. The van der Waals surface area contributed by atoms with Gasteiger partial charge >= 0.3 is 5.97 Å². The van der Waals surface area contributed by atoms with Crippen LogP contribution in [0.1, 0.15) is 33.1 Å². The van der Waals surface area contributed by atoms with Crippen LogP contribution in [0.25, 0.3) is 0 Å². The number of nitrogens with one attached hydrogen (secondary N) is 2. The van der Waals surface area contributed by atoms with E-state index in [1.54, 1.807) is 6.92 Å². The molecule has 18 heavy (non-hydrogen) atoms. The summed E-state index contributed by atoms with van der Waals surface area (Å²) in [5.41, 5.74) is 0. The Kier molecular flexibility index (Phi) is 6.04. The van der Waals surface area contributed by atoms with Crippen molar-refractivity contribution in [1.29, 1.82) is 0 Å². The third-order valence-electron chi connectivity index (χ3n) is 2.85. The van der Waals surface area contributed by atoms with Crippen molar-refractivity contribution in [2.45, 2.75) is 45.2 Å². The van der Waals surface area contributed by atoms with E-state index in [1.807, 2.05) is 6.92 Å². The second kappa shape index (κ2) is 7.06. The zero-order valence-electron chi connectivity index (χ0n) is 10.9. The zero-order valence-corrected chi connectivity index (χ0v) is 11.8. The molecule has 2 unspecified atom stereocenters. The molecule has 0 spiro atoms. The van der Waals surface area contributed by atoms with Crippen molar-refractivity contribution in [1.82, 2.24) is 10.0 Å². The number of carbonyl (C=O) groups is 1. The lowest BCUT2D eigenvalue weighted by Crippen LogP contribution is -2.47. The fourth-order valence-electron chi connectivity index (χ4n) is 2.00. The topological polar surface area (TPSA) is 84.5 Å². The third-order valence-corrected chi connectivity index (χ3v) is 4.28. The van der Waals surface area contributed by atoms with Crippen molar-refractivity contribution in [3.63, 3.8) is 0 Å². The number of esters is 1. The standard InChI is InChI=1S/C11H22N2O4S/c1-3-17-11(14)5-7-18(15,16)13-10-4-6-12-9(2)8-10/h9-10,12-13H,3-8H2,1-2H3. The molecular formula is C11H22N2O4S. The molecule has 7 heteroatoms. The highest BCUT2D eigenvalue weighted by Crippen LogP contribution is 2.09. The molecule has 1 rings (SSSR count). The SMILES string of the molecule is CCOC(=O)CCS(=O)(=O)NC1CCNC(C)C1. The van der Waals surface area contributed by atoms with Gasteiger partial charge < -0.3 is 10.1 Å². The number of sulfonamides is 1. The first-order valence-electron chi connectivity index (χ1n) is 6.32. The summed E-state index contributed by atoms with van der Waals surface area (Å²) in [5, 5.41) is 3.26. The van der Waals surface area contributed by atoms with E-state index in [0.29, 0.717) is 6.04 Å². The summed E-state index contributed by atoms with van der Waals surface area (Å²) in [4.78, 5) is 11.1. The van der Waals surface area contributed by atoms with Crippen molar-refractivity contribution in [2.75, 3.05) is 18.9 Å². The molecule has 6 nitrogen and oxygen atoms in total. The van der Waals surface area contributed by atoms with Gasteiger partial charge in [-0.2, -0.15) is 0 Å². The normalized spacial score (nSPS) is 24.8. The smallest absolute Gasteiger partial charge is 0.306 e. The van der Waals surface area contributed by atoms with E-state index < -0.39 is 16.0 Å². The summed E-state index contributed by atoms with van der Waals surface area (Å²) >= 11 is 0. The molecule has 0 aromatic heterocycles. The molecule has 0 aromatic rings. The van der Waals surface area contributed by atoms with Crippen LogP contribution < -0.4 is 10.0 Å². The highest BCUT2D eigenvalue weighted by molar-refractivity contribution is 7.89. The van der Waals surface area contributed by atoms with E-state index in [9.17, 15) is 13.2 Å². The minimum Gasteiger partial charge on any atom is -0.466 e. The quantitative estimate of drug-likeness (QED) is 0.668. The monoisotopic (exact) mass is 278 g/mol. The first kappa shape index (κ1) is 15.4. The molecule has 0 aliphatic carbocycles. The molecule has 1 aliphatic rings. The first-order valence-corrected chi connectivity index (χ1v) is 7.97. The third kappa shape index (κ3) is 5.79. The molecule has 0 amide bonds. The Morgan fingerprint density at radius 3 is 2.83 bits per heavy atom. The number of rotatable bonds is 6. The van der Waals surface area contributed by atoms with Crippen LogP contribution in [0.5, 0.6) is 0 Å². The van der Waals surface area contributed by atoms with Crippen molar-refractivity contribution >= 4 is 16.0 Å². The lowest BCUT2D eigenvalue weighted by atomic mass is 10.0. The van der Waals surface area contributed by atoms with Gasteiger partial charge in [0.2, 0.25) is 10.0 Å². The number of hydrogen-bond acceptors (Lipinski definition) is 5. The van der Waals surface area contributed by atoms with Crippen LogP contribution in [-0.2, 0) is 19.6 Å². The minimum atomic E-state index is -3.40. The Morgan fingerprint density at radius 2 is 2.22 bits per heavy atom. The lowest BCUT2D eigenvalue weighted by Gasteiger charge is -2.28. The zero-order chi connectivity index (χ0) is 13.6. The van der Waals surface area contributed by atoms with E-state index >= 15 is 0 Å². The van der Waals surface area contributed by atoms with Crippen molar-refractivity contribution < 1.29 is 17.9 Å². The molecule has 1 aliphatic heterocycles. The summed E-state index contributed by atoms with van der Waals surface area (Å²) in [6, 6.07) is 0.282. The summed E-state index contributed by atoms with van der Waals surface area (Å²) in [7, 11) is -3.40. The van der Waals surface area contributed by atoms with E-state index in [0.717, 1.165) is 19.4 Å². The molecule has 106 valence electrons.